The molecule has 0 bridgehead atoms. The van der Waals surface area contributed by atoms with Crippen molar-refractivity contribution in [1.82, 2.24) is 14.2 Å². The predicted octanol–water partition coefficient (Wildman–Crippen LogP) is 4.26. The molecule has 170 valence electrons. The monoisotopic (exact) mass is 495 g/mol. The van der Waals surface area contributed by atoms with E-state index in [1.54, 1.807) is 0 Å². The molecule has 0 aliphatic carbocycles. The Labute approximate surface area is 187 Å². The maximum absolute atomic E-state index is 13.1. The number of halogens is 4. The van der Waals surface area contributed by atoms with Gasteiger partial charge in [0.15, 0.2) is 0 Å². The van der Waals surface area contributed by atoms with E-state index in [2.05, 4.69) is 4.98 Å². The molecule has 0 spiro atoms. The number of hydrogen-bond acceptors (Lipinski definition) is 5. The zero-order valence-corrected chi connectivity index (χ0v) is 19.4. The number of rotatable bonds is 3. The summed E-state index contributed by atoms with van der Waals surface area (Å²) in [5.74, 6) is -0.240. The highest BCUT2D eigenvalue weighted by atomic mass is 35.5. The molecule has 1 aromatic heterocycles. The van der Waals surface area contributed by atoms with Crippen molar-refractivity contribution < 1.29 is 26.4 Å². The lowest BCUT2D eigenvalue weighted by molar-refractivity contribution is -0.137. The van der Waals surface area contributed by atoms with Crippen LogP contribution in [0, 0.1) is 0 Å². The fourth-order valence-corrected chi connectivity index (χ4v) is 5.65. The maximum Gasteiger partial charge on any atom is 0.417 e. The van der Waals surface area contributed by atoms with E-state index in [-0.39, 0.29) is 37.5 Å². The van der Waals surface area contributed by atoms with Crippen LogP contribution in [0.1, 0.15) is 41.0 Å². The fraction of sp³-hybridized carbons (Fsp3) is 0.474. The second kappa shape index (κ2) is 8.34. The van der Waals surface area contributed by atoms with E-state index in [9.17, 15) is 26.4 Å². The van der Waals surface area contributed by atoms with Gasteiger partial charge in [0.2, 0.25) is 10.0 Å². The number of carbonyl (C=O) groups excluding carboxylic acids is 1. The molecule has 1 saturated heterocycles. The van der Waals surface area contributed by atoms with Crippen LogP contribution >= 0.6 is 22.9 Å². The minimum atomic E-state index is -4.77. The lowest BCUT2D eigenvalue weighted by atomic mass is 9.98. The van der Waals surface area contributed by atoms with Crippen LogP contribution < -0.4 is 0 Å². The van der Waals surface area contributed by atoms with Crippen LogP contribution in [-0.4, -0.2) is 54.7 Å². The van der Waals surface area contributed by atoms with Crippen LogP contribution in [0.3, 0.4) is 0 Å². The van der Waals surface area contributed by atoms with E-state index >= 15 is 0 Å². The minimum absolute atomic E-state index is 0.0248. The zero-order chi connectivity index (χ0) is 23.2. The molecule has 3 rings (SSSR count). The summed E-state index contributed by atoms with van der Waals surface area (Å²) in [7, 11) is -4.16. The van der Waals surface area contributed by atoms with Crippen molar-refractivity contribution in [3.05, 3.63) is 44.9 Å². The van der Waals surface area contributed by atoms with Crippen molar-refractivity contribution in [2.75, 3.05) is 26.2 Å². The number of nitrogens with zero attached hydrogens (tertiary/aromatic N) is 3. The van der Waals surface area contributed by atoms with E-state index < -0.39 is 31.7 Å². The van der Waals surface area contributed by atoms with Crippen LogP contribution in [0.2, 0.25) is 5.02 Å². The number of benzene rings is 1. The SMILES string of the molecule is CC(C)(C)c1ncc(C(=O)N2CCN(S(=O)(=O)c3ccc(Cl)c(C(F)(F)F)c3)CC2)s1. The normalized spacial score (nSPS) is 16.5. The Bertz CT molecular complexity index is 1090. The molecule has 0 atom stereocenters. The van der Waals surface area contributed by atoms with Gasteiger partial charge in [-0.25, -0.2) is 13.4 Å². The number of alkyl halides is 3. The van der Waals surface area contributed by atoms with Crippen LogP contribution in [0.4, 0.5) is 13.2 Å². The molecule has 1 aliphatic rings. The maximum atomic E-state index is 13.1. The molecule has 31 heavy (non-hydrogen) atoms. The Morgan fingerprint density at radius 3 is 2.26 bits per heavy atom. The first-order valence-electron chi connectivity index (χ1n) is 9.34. The molecular formula is C19H21ClF3N3O3S2. The van der Waals surface area contributed by atoms with Crippen molar-refractivity contribution in [3.8, 4) is 0 Å². The molecule has 1 aliphatic heterocycles. The molecule has 0 unspecified atom stereocenters. The number of hydrogen-bond donors (Lipinski definition) is 0. The molecule has 1 fully saturated rings. The van der Waals surface area contributed by atoms with Crippen molar-refractivity contribution in [2.45, 2.75) is 37.3 Å². The number of piperazine rings is 1. The topological polar surface area (TPSA) is 70.6 Å². The third kappa shape index (κ3) is 5.05. The molecule has 2 heterocycles. The van der Waals surface area contributed by atoms with E-state index in [1.807, 2.05) is 20.8 Å². The highest BCUT2D eigenvalue weighted by Gasteiger charge is 2.36. The first-order valence-corrected chi connectivity index (χ1v) is 12.0. The van der Waals surface area contributed by atoms with Crippen molar-refractivity contribution >= 4 is 38.9 Å². The van der Waals surface area contributed by atoms with E-state index in [0.29, 0.717) is 10.9 Å². The third-order valence-corrected chi connectivity index (χ3v) is 8.40. The minimum Gasteiger partial charge on any atom is -0.335 e. The summed E-state index contributed by atoms with van der Waals surface area (Å²) in [6.45, 7) is 6.17. The predicted molar refractivity (Wildman–Crippen MR) is 112 cm³/mol. The summed E-state index contributed by atoms with van der Waals surface area (Å²) in [5, 5.41) is 0.251. The molecule has 0 N–H and O–H groups in total. The third-order valence-electron chi connectivity index (χ3n) is 4.76. The van der Waals surface area contributed by atoms with Gasteiger partial charge in [-0.2, -0.15) is 17.5 Å². The average molecular weight is 496 g/mol. The van der Waals surface area contributed by atoms with E-state index in [1.165, 1.54) is 22.4 Å². The summed E-state index contributed by atoms with van der Waals surface area (Å²) in [5.41, 5.74) is -1.40. The smallest absolute Gasteiger partial charge is 0.335 e. The average Bonchev–Trinajstić information content (AvgIpc) is 3.17. The van der Waals surface area contributed by atoms with Crippen LogP contribution in [0.5, 0.6) is 0 Å². The molecule has 0 saturated carbocycles. The molecule has 0 radical (unpaired) electrons. The van der Waals surface area contributed by atoms with Crippen LogP contribution in [0.25, 0.3) is 0 Å². The van der Waals surface area contributed by atoms with Gasteiger partial charge in [-0.05, 0) is 18.2 Å². The Balaban J connectivity index is 1.73. The Kier molecular flexibility index (Phi) is 6.45. The Morgan fingerprint density at radius 2 is 1.74 bits per heavy atom. The number of sulfonamides is 1. The highest BCUT2D eigenvalue weighted by molar-refractivity contribution is 7.89. The summed E-state index contributed by atoms with van der Waals surface area (Å²) in [6.07, 6.45) is -3.25. The van der Waals surface area contributed by atoms with Gasteiger partial charge in [-0.1, -0.05) is 32.4 Å². The first kappa shape index (κ1) is 24.0. The van der Waals surface area contributed by atoms with Crippen molar-refractivity contribution in [3.63, 3.8) is 0 Å². The highest BCUT2D eigenvalue weighted by Crippen LogP contribution is 2.36. The molecule has 1 amide bonds. The summed E-state index contributed by atoms with van der Waals surface area (Å²) in [4.78, 5) is 18.5. The van der Waals surface area contributed by atoms with Gasteiger partial charge in [-0.3, -0.25) is 4.79 Å². The summed E-state index contributed by atoms with van der Waals surface area (Å²) >= 11 is 6.88. The van der Waals surface area contributed by atoms with Gasteiger partial charge in [-0.15, -0.1) is 11.3 Å². The van der Waals surface area contributed by atoms with E-state index in [0.717, 1.165) is 21.4 Å². The number of aromatic nitrogens is 1. The lowest BCUT2D eigenvalue weighted by Crippen LogP contribution is -2.50. The van der Waals surface area contributed by atoms with Gasteiger partial charge in [0, 0.05) is 31.6 Å². The quantitative estimate of drug-likeness (QED) is 0.638. The molecule has 1 aromatic carbocycles. The van der Waals surface area contributed by atoms with Crippen LogP contribution in [-0.2, 0) is 21.6 Å². The summed E-state index contributed by atoms with van der Waals surface area (Å²) in [6, 6.07) is 2.52. The van der Waals surface area contributed by atoms with Gasteiger partial charge in [0.1, 0.15) is 4.88 Å². The second-order valence-electron chi connectivity index (χ2n) is 8.12. The lowest BCUT2D eigenvalue weighted by Gasteiger charge is -2.33. The molecular weight excluding hydrogens is 475 g/mol. The molecule has 6 nitrogen and oxygen atoms in total. The standard InChI is InChI=1S/C19H21ClF3N3O3S2/c1-18(2,3)17-24-11-15(30-17)16(27)25-6-8-26(9-7-25)31(28,29)12-4-5-14(20)13(10-12)19(21,22)23/h4-5,10-11H,6-9H2,1-3H3. The number of carbonyl (C=O) groups is 1. The first-order chi connectivity index (χ1) is 14.2. The Hall–Kier alpha value is -1.69. The number of amides is 1. The fourth-order valence-electron chi connectivity index (χ4n) is 3.04. The second-order valence-corrected chi connectivity index (χ2v) is 11.5. The number of thiazole rings is 1. The zero-order valence-electron chi connectivity index (χ0n) is 17.0. The Morgan fingerprint density at radius 1 is 1.13 bits per heavy atom. The largest absolute Gasteiger partial charge is 0.417 e. The van der Waals surface area contributed by atoms with Gasteiger partial charge in [0.25, 0.3) is 5.91 Å². The van der Waals surface area contributed by atoms with Gasteiger partial charge in [0.05, 0.1) is 26.7 Å². The van der Waals surface area contributed by atoms with Gasteiger partial charge < -0.3 is 4.90 Å². The van der Waals surface area contributed by atoms with Gasteiger partial charge >= 0.3 is 6.18 Å². The summed E-state index contributed by atoms with van der Waals surface area (Å²) < 4.78 is 66.0. The molecule has 2 aromatic rings. The van der Waals surface area contributed by atoms with Crippen molar-refractivity contribution in [1.29, 1.82) is 0 Å². The molecule has 12 heteroatoms. The van der Waals surface area contributed by atoms with Crippen molar-refractivity contribution in [2.24, 2.45) is 0 Å². The van der Waals surface area contributed by atoms with Crippen LogP contribution in [0.15, 0.2) is 29.3 Å². The van der Waals surface area contributed by atoms with E-state index in [4.69, 9.17) is 11.6 Å².